The normalized spacial score (nSPS) is 9.91. The molecular weight excluding hydrogens is 316 g/mol. The van der Waals surface area contributed by atoms with E-state index in [4.69, 9.17) is 5.73 Å². The summed E-state index contributed by atoms with van der Waals surface area (Å²) in [6, 6.07) is 9.41. The summed E-state index contributed by atoms with van der Waals surface area (Å²) >= 11 is 1.35. The van der Waals surface area contributed by atoms with Crippen LogP contribution >= 0.6 is 11.3 Å². The zero-order chi connectivity index (χ0) is 16.7. The second-order valence-electron chi connectivity index (χ2n) is 4.60. The molecule has 0 saturated carbocycles. The fourth-order valence-electron chi connectivity index (χ4n) is 1.79. The summed E-state index contributed by atoms with van der Waals surface area (Å²) < 4.78 is 0. The van der Waals surface area contributed by atoms with Gasteiger partial charge in [0.15, 0.2) is 0 Å². The Bertz CT molecular complexity index is 683. The molecule has 8 heteroatoms. The zero-order valence-corrected chi connectivity index (χ0v) is 13.0. The Balaban J connectivity index is 1.74. The van der Waals surface area contributed by atoms with Crippen molar-refractivity contribution in [3.63, 3.8) is 0 Å². The van der Waals surface area contributed by atoms with Crippen molar-refractivity contribution in [2.75, 3.05) is 17.2 Å². The molecule has 0 atom stereocenters. The van der Waals surface area contributed by atoms with Crippen molar-refractivity contribution in [2.45, 2.75) is 6.42 Å². The van der Waals surface area contributed by atoms with Gasteiger partial charge < -0.3 is 21.7 Å². The minimum atomic E-state index is -0.650. The van der Waals surface area contributed by atoms with Crippen LogP contribution in [0.1, 0.15) is 16.1 Å². The number of benzene rings is 1. The molecule has 1 heterocycles. The van der Waals surface area contributed by atoms with Gasteiger partial charge in [-0.25, -0.2) is 4.79 Å². The average Bonchev–Trinajstić information content (AvgIpc) is 3.03. The lowest BCUT2D eigenvalue weighted by atomic mass is 10.2. The number of carbonyl (C=O) groups excluding carboxylic acids is 3. The summed E-state index contributed by atoms with van der Waals surface area (Å²) in [5.74, 6) is -0.401. The van der Waals surface area contributed by atoms with Crippen LogP contribution < -0.4 is 21.7 Å². The summed E-state index contributed by atoms with van der Waals surface area (Å²) in [7, 11) is 0. The first kappa shape index (κ1) is 16.5. The predicted molar refractivity (Wildman–Crippen MR) is 89.5 cm³/mol. The number of amides is 4. The third kappa shape index (κ3) is 5.44. The van der Waals surface area contributed by atoms with Crippen LogP contribution in [-0.2, 0) is 4.79 Å². The second kappa shape index (κ2) is 7.95. The Morgan fingerprint density at radius 1 is 1.00 bits per heavy atom. The predicted octanol–water partition coefficient (Wildman–Crippen LogP) is 2.00. The third-order valence-electron chi connectivity index (χ3n) is 2.82. The maximum atomic E-state index is 11.8. The highest BCUT2D eigenvalue weighted by Gasteiger charge is 2.07. The van der Waals surface area contributed by atoms with E-state index in [0.717, 1.165) is 0 Å². The Labute approximate surface area is 136 Å². The Morgan fingerprint density at radius 3 is 2.22 bits per heavy atom. The Hall–Kier alpha value is -2.87. The van der Waals surface area contributed by atoms with Crippen molar-refractivity contribution in [1.82, 2.24) is 5.32 Å². The molecule has 7 nitrogen and oxygen atoms in total. The number of rotatable bonds is 6. The van der Waals surface area contributed by atoms with E-state index in [0.29, 0.717) is 16.3 Å². The van der Waals surface area contributed by atoms with Gasteiger partial charge in [0, 0.05) is 24.3 Å². The molecule has 0 radical (unpaired) electrons. The molecule has 2 rings (SSSR count). The van der Waals surface area contributed by atoms with Gasteiger partial charge in [-0.3, -0.25) is 9.59 Å². The van der Waals surface area contributed by atoms with Gasteiger partial charge in [0.2, 0.25) is 5.91 Å². The largest absolute Gasteiger partial charge is 0.351 e. The molecule has 0 bridgehead atoms. The average molecular weight is 332 g/mol. The SMILES string of the molecule is NC(=O)Nc1ccc(NC(=O)CCNC(=O)c2cccs2)cc1. The monoisotopic (exact) mass is 332 g/mol. The number of urea groups is 1. The van der Waals surface area contributed by atoms with E-state index in [2.05, 4.69) is 16.0 Å². The second-order valence-corrected chi connectivity index (χ2v) is 5.55. The van der Waals surface area contributed by atoms with Crippen molar-refractivity contribution in [1.29, 1.82) is 0 Å². The van der Waals surface area contributed by atoms with Crippen LogP contribution in [0, 0.1) is 0 Å². The molecule has 4 amide bonds. The number of thiophene rings is 1. The molecular formula is C15H16N4O3S. The van der Waals surface area contributed by atoms with Crippen LogP contribution in [0.25, 0.3) is 0 Å². The van der Waals surface area contributed by atoms with E-state index in [1.165, 1.54) is 11.3 Å². The minimum absolute atomic E-state index is 0.165. The third-order valence-corrected chi connectivity index (χ3v) is 3.69. The minimum Gasteiger partial charge on any atom is -0.351 e. The van der Waals surface area contributed by atoms with E-state index in [1.54, 1.807) is 36.4 Å². The van der Waals surface area contributed by atoms with E-state index in [1.807, 2.05) is 5.38 Å². The first-order valence-electron chi connectivity index (χ1n) is 6.82. The highest BCUT2D eigenvalue weighted by Crippen LogP contribution is 2.13. The highest BCUT2D eigenvalue weighted by atomic mass is 32.1. The molecule has 0 aliphatic heterocycles. The van der Waals surface area contributed by atoms with Crippen LogP contribution in [0.3, 0.4) is 0 Å². The lowest BCUT2D eigenvalue weighted by Crippen LogP contribution is -2.27. The van der Waals surface area contributed by atoms with Gasteiger partial charge in [0.05, 0.1) is 4.88 Å². The maximum Gasteiger partial charge on any atom is 0.316 e. The summed E-state index contributed by atoms with van der Waals surface area (Å²) in [4.78, 5) is 34.8. The molecule has 120 valence electrons. The van der Waals surface area contributed by atoms with Gasteiger partial charge >= 0.3 is 6.03 Å². The molecule has 0 fully saturated rings. The van der Waals surface area contributed by atoms with Gasteiger partial charge in [0.1, 0.15) is 0 Å². The quantitative estimate of drug-likeness (QED) is 0.648. The number of nitrogens with two attached hydrogens (primary N) is 1. The zero-order valence-electron chi connectivity index (χ0n) is 12.2. The number of primary amides is 1. The number of nitrogens with one attached hydrogen (secondary N) is 3. The first-order valence-corrected chi connectivity index (χ1v) is 7.70. The molecule has 2 aromatic rings. The van der Waals surface area contributed by atoms with Crippen molar-refractivity contribution in [3.05, 3.63) is 46.7 Å². The standard InChI is InChI=1S/C15H16N4O3S/c16-15(22)19-11-5-3-10(4-6-11)18-13(20)7-8-17-14(21)12-2-1-9-23-12/h1-6,9H,7-8H2,(H,17,21)(H,18,20)(H3,16,19,22). The molecule has 23 heavy (non-hydrogen) atoms. The van der Waals surface area contributed by atoms with E-state index >= 15 is 0 Å². The molecule has 0 aliphatic carbocycles. The maximum absolute atomic E-state index is 11.8. The van der Waals surface area contributed by atoms with Crippen LogP contribution in [-0.4, -0.2) is 24.4 Å². The van der Waals surface area contributed by atoms with Crippen molar-refractivity contribution >= 4 is 40.6 Å². The van der Waals surface area contributed by atoms with E-state index in [-0.39, 0.29) is 24.8 Å². The first-order chi connectivity index (χ1) is 11.0. The molecule has 5 N–H and O–H groups in total. The van der Waals surface area contributed by atoms with E-state index < -0.39 is 6.03 Å². The molecule has 1 aromatic heterocycles. The van der Waals surface area contributed by atoms with Crippen LogP contribution in [0.5, 0.6) is 0 Å². The number of anilines is 2. The topological polar surface area (TPSA) is 113 Å². The summed E-state index contributed by atoms with van der Waals surface area (Å²) in [6.45, 7) is 0.254. The Morgan fingerprint density at radius 2 is 1.65 bits per heavy atom. The van der Waals surface area contributed by atoms with Gasteiger partial charge in [-0.15, -0.1) is 11.3 Å². The smallest absolute Gasteiger partial charge is 0.316 e. The lowest BCUT2D eigenvalue weighted by Gasteiger charge is -2.07. The molecule has 1 aromatic carbocycles. The van der Waals surface area contributed by atoms with E-state index in [9.17, 15) is 14.4 Å². The Kier molecular flexibility index (Phi) is 5.70. The number of hydrogen-bond donors (Lipinski definition) is 4. The summed E-state index contributed by atoms with van der Waals surface area (Å²) in [6.07, 6.45) is 0.165. The molecule has 0 spiro atoms. The van der Waals surface area contributed by atoms with Gasteiger partial charge in [-0.1, -0.05) is 6.07 Å². The molecule has 0 unspecified atom stereocenters. The van der Waals surface area contributed by atoms with Crippen LogP contribution in [0.2, 0.25) is 0 Å². The molecule has 0 saturated heterocycles. The van der Waals surface area contributed by atoms with Crippen molar-refractivity contribution in [3.8, 4) is 0 Å². The summed E-state index contributed by atoms with van der Waals surface area (Å²) in [5, 5.41) is 9.62. The highest BCUT2D eigenvalue weighted by molar-refractivity contribution is 7.12. The van der Waals surface area contributed by atoms with Gasteiger partial charge in [0.25, 0.3) is 5.91 Å². The van der Waals surface area contributed by atoms with Gasteiger partial charge in [-0.2, -0.15) is 0 Å². The van der Waals surface area contributed by atoms with Gasteiger partial charge in [-0.05, 0) is 35.7 Å². The van der Waals surface area contributed by atoms with Crippen molar-refractivity contribution in [2.24, 2.45) is 5.73 Å². The van der Waals surface area contributed by atoms with Crippen LogP contribution in [0.15, 0.2) is 41.8 Å². The lowest BCUT2D eigenvalue weighted by molar-refractivity contribution is -0.116. The summed E-state index contributed by atoms with van der Waals surface area (Å²) in [5.41, 5.74) is 6.14. The number of carbonyl (C=O) groups is 3. The van der Waals surface area contributed by atoms with Crippen LogP contribution in [0.4, 0.5) is 16.2 Å². The molecule has 0 aliphatic rings. The van der Waals surface area contributed by atoms with Crippen molar-refractivity contribution < 1.29 is 14.4 Å². The fourth-order valence-corrected chi connectivity index (χ4v) is 2.43. The number of hydrogen-bond acceptors (Lipinski definition) is 4. The fraction of sp³-hybridized carbons (Fsp3) is 0.133.